The Balaban J connectivity index is 2.19. The van der Waals surface area contributed by atoms with Crippen LogP contribution < -0.4 is 0 Å². The van der Waals surface area contributed by atoms with Crippen molar-refractivity contribution < 1.29 is 14.3 Å². The second-order valence-corrected chi connectivity index (χ2v) is 4.40. The van der Waals surface area contributed by atoms with Crippen molar-refractivity contribution in [3.8, 4) is 0 Å². The molecular formula is C14H17NO3. The number of likely N-dealkylation sites (tertiary alicyclic amines) is 1. The van der Waals surface area contributed by atoms with Crippen LogP contribution in [0.25, 0.3) is 0 Å². The minimum Gasteiger partial charge on any atom is -0.467 e. The molecule has 1 saturated heterocycles. The first-order chi connectivity index (χ1) is 8.74. The molecule has 1 atom stereocenters. The molecule has 1 fully saturated rings. The first kappa shape index (κ1) is 12.6. The zero-order valence-corrected chi connectivity index (χ0v) is 10.5. The van der Waals surface area contributed by atoms with E-state index in [0.29, 0.717) is 18.5 Å². The van der Waals surface area contributed by atoms with Gasteiger partial charge in [-0.25, -0.2) is 4.79 Å². The quantitative estimate of drug-likeness (QED) is 0.749. The maximum Gasteiger partial charge on any atom is 0.328 e. The highest BCUT2D eigenvalue weighted by Gasteiger charge is 2.33. The summed E-state index contributed by atoms with van der Waals surface area (Å²) in [4.78, 5) is 25.7. The molecule has 0 aromatic heterocycles. The third-order valence-electron chi connectivity index (χ3n) is 3.26. The number of ether oxygens (including phenoxy) is 1. The zero-order valence-electron chi connectivity index (χ0n) is 10.5. The Bertz CT molecular complexity index is 430. The van der Waals surface area contributed by atoms with E-state index in [9.17, 15) is 9.59 Å². The van der Waals surface area contributed by atoms with E-state index in [4.69, 9.17) is 4.74 Å². The average molecular weight is 247 g/mol. The molecule has 4 heteroatoms. The summed E-state index contributed by atoms with van der Waals surface area (Å²) in [7, 11) is 1.36. The van der Waals surface area contributed by atoms with E-state index in [2.05, 4.69) is 0 Å². The summed E-state index contributed by atoms with van der Waals surface area (Å²) in [6.45, 7) is 0.619. The fourth-order valence-electron chi connectivity index (χ4n) is 2.30. The van der Waals surface area contributed by atoms with Gasteiger partial charge in [-0.05, 0) is 31.4 Å². The molecule has 4 nitrogen and oxygen atoms in total. The van der Waals surface area contributed by atoms with Crippen LogP contribution in [0.2, 0.25) is 0 Å². The predicted octanol–water partition coefficient (Wildman–Crippen LogP) is 1.85. The van der Waals surface area contributed by atoms with E-state index in [1.807, 2.05) is 18.2 Å². The van der Waals surface area contributed by atoms with Gasteiger partial charge in [0, 0.05) is 12.1 Å². The molecule has 1 aromatic carbocycles. The summed E-state index contributed by atoms with van der Waals surface area (Å²) in [5.41, 5.74) is 0.619. The van der Waals surface area contributed by atoms with Crippen LogP contribution in [0.15, 0.2) is 30.3 Å². The lowest BCUT2D eigenvalue weighted by Gasteiger charge is -2.33. The van der Waals surface area contributed by atoms with Gasteiger partial charge in [-0.15, -0.1) is 0 Å². The monoisotopic (exact) mass is 247 g/mol. The van der Waals surface area contributed by atoms with Gasteiger partial charge >= 0.3 is 5.97 Å². The Morgan fingerprint density at radius 2 is 1.94 bits per heavy atom. The van der Waals surface area contributed by atoms with Crippen molar-refractivity contribution in [2.75, 3.05) is 13.7 Å². The van der Waals surface area contributed by atoms with E-state index in [1.54, 1.807) is 17.0 Å². The molecule has 1 heterocycles. The number of piperidine rings is 1. The summed E-state index contributed by atoms with van der Waals surface area (Å²) >= 11 is 0. The second-order valence-electron chi connectivity index (χ2n) is 4.40. The van der Waals surface area contributed by atoms with Crippen molar-refractivity contribution in [3.63, 3.8) is 0 Å². The van der Waals surface area contributed by atoms with Gasteiger partial charge in [0.2, 0.25) is 0 Å². The Kier molecular flexibility index (Phi) is 3.97. The van der Waals surface area contributed by atoms with Crippen LogP contribution in [-0.4, -0.2) is 36.5 Å². The number of carbonyl (C=O) groups is 2. The topological polar surface area (TPSA) is 46.6 Å². The molecule has 0 saturated carbocycles. The van der Waals surface area contributed by atoms with Crippen molar-refractivity contribution in [1.82, 2.24) is 4.90 Å². The first-order valence-electron chi connectivity index (χ1n) is 6.18. The second kappa shape index (κ2) is 5.67. The molecule has 96 valence electrons. The molecule has 2 rings (SSSR count). The molecule has 1 aliphatic heterocycles. The summed E-state index contributed by atoms with van der Waals surface area (Å²) < 4.78 is 4.77. The lowest BCUT2D eigenvalue weighted by molar-refractivity contribution is -0.147. The van der Waals surface area contributed by atoms with Gasteiger partial charge in [0.25, 0.3) is 5.91 Å². The van der Waals surface area contributed by atoms with Gasteiger partial charge in [-0.1, -0.05) is 18.2 Å². The number of esters is 1. The SMILES string of the molecule is COC(=O)[C@@H]1CCCCN1C(=O)c1ccccc1. The van der Waals surface area contributed by atoms with Gasteiger partial charge in [0.1, 0.15) is 6.04 Å². The number of rotatable bonds is 2. The van der Waals surface area contributed by atoms with E-state index >= 15 is 0 Å². The van der Waals surface area contributed by atoms with Crippen LogP contribution in [0.5, 0.6) is 0 Å². The lowest BCUT2D eigenvalue weighted by atomic mass is 10.0. The highest BCUT2D eigenvalue weighted by atomic mass is 16.5. The molecule has 0 unspecified atom stereocenters. The van der Waals surface area contributed by atoms with Crippen LogP contribution >= 0.6 is 0 Å². The zero-order chi connectivity index (χ0) is 13.0. The van der Waals surface area contributed by atoms with Crippen LogP contribution in [-0.2, 0) is 9.53 Å². The van der Waals surface area contributed by atoms with Crippen LogP contribution in [0.4, 0.5) is 0 Å². The number of amides is 1. The number of hydrogen-bond donors (Lipinski definition) is 0. The third-order valence-corrected chi connectivity index (χ3v) is 3.26. The van der Waals surface area contributed by atoms with Gasteiger partial charge in [0.15, 0.2) is 0 Å². The fraction of sp³-hybridized carbons (Fsp3) is 0.429. The molecule has 0 aliphatic carbocycles. The van der Waals surface area contributed by atoms with E-state index < -0.39 is 6.04 Å². The van der Waals surface area contributed by atoms with Crippen molar-refractivity contribution in [1.29, 1.82) is 0 Å². The Morgan fingerprint density at radius 1 is 1.22 bits per heavy atom. The van der Waals surface area contributed by atoms with Gasteiger partial charge in [-0.3, -0.25) is 4.79 Å². The summed E-state index contributed by atoms with van der Waals surface area (Å²) in [6.07, 6.45) is 2.58. The molecule has 0 radical (unpaired) electrons. The molecule has 1 amide bonds. The molecule has 1 aliphatic rings. The maximum absolute atomic E-state index is 12.3. The third kappa shape index (κ3) is 2.53. The highest BCUT2D eigenvalue weighted by molar-refractivity contribution is 5.96. The number of benzene rings is 1. The molecule has 1 aromatic rings. The first-order valence-corrected chi connectivity index (χ1v) is 6.18. The Labute approximate surface area is 107 Å². The largest absolute Gasteiger partial charge is 0.467 e. The van der Waals surface area contributed by atoms with Gasteiger partial charge in [-0.2, -0.15) is 0 Å². The molecule has 0 bridgehead atoms. The fourth-order valence-corrected chi connectivity index (χ4v) is 2.30. The Hall–Kier alpha value is -1.84. The van der Waals surface area contributed by atoms with Crippen molar-refractivity contribution in [3.05, 3.63) is 35.9 Å². The number of hydrogen-bond acceptors (Lipinski definition) is 3. The highest BCUT2D eigenvalue weighted by Crippen LogP contribution is 2.20. The minimum absolute atomic E-state index is 0.0919. The van der Waals surface area contributed by atoms with E-state index in [-0.39, 0.29) is 11.9 Å². The smallest absolute Gasteiger partial charge is 0.328 e. The van der Waals surface area contributed by atoms with Gasteiger partial charge < -0.3 is 9.64 Å². The summed E-state index contributed by atoms with van der Waals surface area (Å²) in [5.74, 6) is -0.412. The van der Waals surface area contributed by atoms with Crippen molar-refractivity contribution >= 4 is 11.9 Å². The van der Waals surface area contributed by atoms with Crippen LogP contribution in [0, 0.1) is 0 Å². The van der Waals surface area contributed by atoms with Crippen LogP contribution in [0.3, 0.4) is 0 Å². The lowest BCUT2D eigenvalue weighted by Crippen LogP contribution is -2.48. The number of carbonyl (C=O) groups excluding carboxylic acids is 2. The van der Waals surface area contributed by atoms with E-state index in [0.717, 1.165) is 12.8 Å². The predicted molar refractivity (Wildman–Crippen MR) is 67.1 cm³/mol. The minimum atomic E-state index is -0.434. The Morgan fingerprint density at radius 3 is 2.61 bits per heavy atom. The maximum atomic E-state index is 12.3. The molecule has 0 N–H and O–H groups in total. The molecule has 18 heavy (non-hydrogen) atoms. The molecule has 0 spiro atoms. The molecular weight excluding hydrogens is 230 g/mol. The van der Waals surface area contributed by atoms with Crippen molar-refractivity contribution in [2.24, 2.45) is 0 Å². The normalized spacial score (nSPS) is 19.4. The van der Waals surface area contributed by atoms with E-state index in [1.165, 1.54) is 7.11 Å². The number of nitrogens with zero attached hydrogens (tertiary/aromatic N) is 1. The number of methoxy groups -OCH3 is 1. The van der Waals surface area contributed by atoms with Crippen molar-refractivity contribution in [2.45, 2.75) is 25.3 Å². The average Bonchev–Trinajstić information content (AvgIpc) is 2.46. The summed E-state index contributed by atoms with van der Waals surface area (Å²) in [5, 5.41) is 0. The summed E-state index contributed by atoms with van der Waals surface area (Å²) in [6, 6.07) is 8.62. The van der Waals surface area contributed by atoms with Crippen LogP contribution in [0.1, 0.15) is 29.6 Å². The van der Waals surface area contributed by atoms with Gasteiger partial charge in [0.05, 0.1) is 7.11 Å². The standard InChI is InChI=1S/C14H17NO3/c1-18-14(17)12-9-5-6-10-15(12)13(16)11-7-3-2-4-8-11/h2-4,7-8,12H,5-6,9-10H2,1H3/t12-/m0/s1.